The van der Waals surface area contributed by atoms with Gasteiger partial charge in [0, 0.05) is 23.8 Å². The summed E-state index contributed by atoms with van der Waals surface area (Å²) >= 11 is 0. The Bertz CT molecular complexity index is 639. The van der Waals surface area contributed by atoms with E-state index in [1.165, 1.54) is 22.0 Å². The van der Waals surface area contributed by atoms with Crippen molar-refractivity contribution in [1.29, 1.82) is 0 Å². The number of carbonyl (C=O) groups is 2. The predicted octanol–water partition coefficient (Wildman–Crippen LogP) is 1.92. The Morgan fingerprint density at radius 3 is 3.00 bits per heavy atom. The molecule has 0 saturated carbocycles. The fourth-order valence-corrected chi connectivity index (χ4v) is 1.95. The molecule has 2 aromatic rings. The van der Waals surface area contributed by atoms with E-state index in [9.17, 15) is 9.59 Å². The minimum Gasteiger partial charge on any atom is -0.447 e. The summed E-state index contributed by atoms with van der Waals surface area (Å²) in [4.78, 5) is 28.7. The molecule has 1 N–H and O–H groups in total. The number of imidazole rings is 1. The van der Waals surface area contributed by atoms with Crippen molar-refractivity contribution < 1.29 is 14.3 Å². The third-order valence-corrected chi connectivity index (χ3v) is 2.91. The maximum Gasteiger partial charge on any atom is 0.414 e. The van der Waals surface area contributed by atoms with Crippen LogP contribution < -0.4 is 10.2 Å². The van der Waals surface area contributed by atoms with Gasteiger partial charge >= 0.3 is 12.1 Å². The second-order valence-electron chi connectivity index (χ2n) is 4.22. The van der Waals surface area contributed by atoms with E-state index < -0.39 is 0 Å². The third-order valence-electron chi connectivity index (χ3n) is 2.91. The van der Waals surface area contributed by atoms with E-state index >= 15 is 0 Å². The number of hydrogen-bond donors (Lipinski definition) is 1. The molecule has 0 aliphatic carbocycles. The van der Waals surface area contributed by atoms with Crippen molar-refractivity contribution in [2.45, 2.75) is 0 Å². The van der Waals surface area contributed by atoms with Crippen LogP contribution in [0.3, 0.4) is 0 Å². The van der Waals surface area contributed by atoms with Crippen molar-refractivity contribution in [3.05, 3.63) is 43.0 Å². The molecule has 1 fully saturated rings. The van der Waals surface area contributed by atoms with E-state index in [4.69, 9.17) is 4.74 Å². The topological polar surface area (TPSA) is 76.5 Å². The van der Waals surface area contributed by atoms with Crippen molar-refractivity contribution in [3.8, 4) is 0 Å². The molecule has 0 unspecified atom stereocenters. The van der Waals surface area contributed by atoms with Gasteiger partial charge in [-0.2, -0.15) is 0 Å². The molecule has 2 heterocycles. The molecule has 102 valence electrons. The van der Waals surface area contributed by atoms with Gasteiger partial charge < -0.3 is 10.1 Å². The molecule has 2 amide bonds. The zero-order chi connectivity index (χ0) is 13.9. The monoisotopic (exact) mass is 272 g/mol. The SMILES string of the molecule is O=C1OCCN1c1cccc(NC(=O)n2ccnc2)c1. The Balaban J connectivity index is 1.78. The predicted molar refractivity (Wildman–Crippen MR) is 71.8 cm³/mol. The lowest BCUT2D eigenvalue weighted by Gasteiger charge is -2.14. The van der Waals surface area contributed by atoms with Gasteiger partial charge in [0.2, 0.25) is 0 Å². The smallest absolute Gasteiger partial charge is 0.414 e. The van der Waals surface area contributed by atoms with Gasteiger partial charge in [0.05, 0.1) is 6.54 Å². The van der Waals surface area contributed by atoms with Crippen molar-refractivity contribution in [3.63, 3.8) is 0 Å². The molecule has 0 bridgehead atoms. The number of nitrogens with one attached hydrogen (secondary N) is 1. The molecular formula is C13H12N4O3. The van der Waals surface area contributed by atoms with Gasteiger partial charge in [-0.05, 0) is 18.2 Å². The summed E-state index contributed by atoms with van der Waals surface area (Å²) in [5.41, 5.74) is 1.29. The summed E-state index contributed by atoms with van der Waals surface area (Å²) in [6.45, 7) is 0.891. The molecule has 20 heavy (non-hydrogen) atoms. The largest absolute Gasteiger partial charge is 0.447 e. The summed E-state index contributed by atoms with van der Waals surface area (Å²) in [5.74, 6) is 0. The van der Waals surface area contributed by atoms with Gasteiger partial charge in [0.1, 0.15) is 12.9 Å². The third kappa shape index (κ3) is 2.33. The van der Waals surface area contributed by atoms with Crippen molar-refractivity contribution in [2.24, 2.45) is 0 Å². The summed E-state index contributed by atoms with van der Waals surface area (Å²) in [6.07, 6.45) is 4.12. The van der Waals surface area contributed by atoms with Crippen LogP contribution in [0, 0.1) is 0 Å². The van der Waals surface area contributed by atoms with Crippen LogP contribution in [0.4, 0.5) is 21.0 Å². The molecule has 3 rings (SSSR count). The Morgan fingerprint density at radius 1 is 1.40 bits per heavy atom. The molecule has 1 aliphatic heterocycles. The summed E-state index contributed by atoms with van der Waals surface area (Å²) in [7, 11) is 0. The van der Waals surface area contributed by atoms with Crippen LogP contribution in [-0.4, -0.2) is 34.8 Å². The lowest BCUT2D eigenvalue weighted by Crippen LogP contribution is -2.23. The summed E-state index contributed by atoms with van der Waals surface area (Å²) in [6, 6.07) is 6.72. The van der Waals surface area contributed by atoms with Crippen molar-refractivity contribution in [1.82, 2.24) is 9.55 Å². The first-order chi connectivity index (χ1) is 9.74. The fourth-order valence-electron chi connectivity index (χ4n) is 1.95. The molecule has 0 atom stereocenters. The highest BCUT2D eigenvalue weighted by Gasteiger charge is 2.23. The Morgan fingerprint density at radius 2 is 2.30 bits per heavy atom. The second kappa shape index (κ2) is 5.04. The average molecular weight is 272 g/mol. The Labute approximate surface area is 114 Å². The fraction of sp³-hybridized carbons (Fsp3) is 0.154. The normalized spacial score (nSPS) is 14.2. The van der Waals surface area contributed by atoms with Crippen LogP contribution in [0.25, 0.3) is 0 Å². The highest BCUT2D eigenvalue weighted by molar-refractivity contribution is 5.93. The molecule has 7 heteroatoms. The van der Waals surface area contributed by atoms with Crippen LogP contribution in [0.1, 0.15) is 0 Å². The maximum atomic E-state index is 11.9. The first kappa shape index (κ1) is 12.2. The molecule has 1 saturated heterocycles. The van der Waals surface area contributed by atoms with E-state index in [0.29, 0.717) is 24.5 Å². The average Bonchev–Trinajstić information content (AvgIpc) is 3.10. The van der Waals surface area contributed by atoms with Crippen LogP contribution in [-0.2, 0) is 4.74 Å². The van der Waals surface area contributed by atoms with Gasteiger partial charge in [-0.3, -0.25) is 9.47 Å². The van der Waals surface area contributed by atoms with E-state index in [1.54, 1.807) is 30.5 Å². The Hall–Kier alpha value is -2.83. The number of benzene rings is 1. The quantitative estimate of drug-likeness (QED) is 0.906. The van der Waals surface area contributed by atoms with Crippen LogP contribution >= 0.6 is 0 Å². The van der Waals surface area contributed by atoms with E-state index in [0.717, 1.165) is 0 Å². The summed E-state index contributed by atoms with van der Waals surface area (Å²) < 4.78 is 6.22. The Kier molecular flexibility index (Phi) is 3.08. The molecule has 0 radical (unpaired) electrons. The maximum absolute atomic E-state index is 11.9. The highest BCUT2D eigenvalue weighted by Crippen LogP contribution is 2.22. The number of nitrogens with zero attached hydrogens (tertiary/aromatic N) is 3. The van der Waals surface area contributed by atoms with Crippen molar-refractivity contribution in [2.75, 3.05) is 23.4 Å². The standard InChI is InChI=1S/C13H12N4O3/c18-12(16-5-4-14-9-16)15-10-2-1-3-11(8-10)17-6-7-20-13(17)19/h1-5,8-9H,6-7H2,(H,15,18). The number of cyclic esters (lactones) is 1. The number of carbonyl (C=O) groups excluding carboxylic acids is 2. The lowest BCUT2D eigenvalue weighted by atomic mass is 10.2. The number of ether oxygens (including phenoxy) is 1. The molecule has 7 nitrogen and oxygen atoms in total. The molecule has 1 aromatic carbocycles. The number of amides is 2. The van der Waals surface area contributed by atoms with E-state index in [2.05, 4.69) is 10.3 Å². The first-order valence-electron chi connectivity index (χ1n) is 6.08. The molecular weight excluding hydrogens is 260 g/mol. The molecule has 1 aromatic heterocycles. The van der Waals surface area contributed by atoms with Gasteiger partial charge in [-0.1, -0.05) is 6.07 Å². The zero-order valence-corrected chi connectivity index (χ0v) is 10.5. The van der Waals surface area contributed by atoms with Crippen LogP contribution in [0.5, 0.6) is 0 Å². The first-order valence-corrected chi connectivity index (χ1v) is 6.08. The number of aromatic nitrogens is 2. The molecule has 1 aliphatic rings. The van der Waals surface area contributed by atoms with Crippen LogP contribution in [0.2, 0.25) is 0 Å². The minimum atomic E-state index is -0.372. The number of hydrogen-bond acceptors (Lipinski definition) is 4. The van der Waals surface area contributed by atoms with Gasteiger partial charge in [-0.15, -0.1) is 0 Å². The van der Waals surface area contributed by atoms with Crippen molar-refractivity contribution >= 4 is 23.5 Å². The lowest BCUT2D eigenvalue weighted by molar-refractivity contribution is 0.181. The zero-order valence-electron chi connectivity index (χ0n) is 10.5. The number of anilines is 2. The highest BCUT2D eigenvalue weighted by atomic mass is 16.6. The van der Waals surface area contributed by atoms with Gasteiger partial charge in [0.25, 0.3) is 0 Å². The summed E-state index contributed by atoms with van der Waals surface area (Å²) in [5, 5.41) is 2.73. The van der Waals surface area contributed by atoms with Gasteiger partial charge in [-0.25, -0.2) is 14.6 Å². The van der Waals surface area contributed by atoms with E-state index in [1.807, 2.05) is 0 Å². The van der Waals surface area contributed by atoms with Gasteiger partial charge in [0.15, 0.2) is 0 Å². The second-order valence-corrected chi connectivity index (χ2v) is 4.22. The van der Waals surface area contributed by atoms with Crippen LogP contribution in [0.15, 0.2) is 43.0 Å². The minimum absolute atomic E-state index is 0.316. The molecule has 0 spiro atoms. The van der Waals surface area contributed by atoms with E-state index in [-0.39, 0.29) is 12.1 Å². The number of rotatable bonds is 2.